The van der Waals surface area contributed by atoms with Gasteiger partial charge in [-0.2, -0.15) is 0 Å². The number of pyridine rings is 1. The van der Waals surface area contributed by atoms with Crippen molar-refractivity contribution >= 4 is 23.5 Å². The molecule has 1 aliphatic carbocycles. The van der Waals surface area contributed by atoms with E-state index in [9.17, 15) is 14.0 Å². The van der Waals surface area contributed by atoms with Gasteiger partial charge in [0.25, 0.3) is 5.91 Å². The molecule has 19 heavy (non-hydrogen) atoms. The van der Waals surface area contributed by atoms with Crippen molar-refractivity contribution in [2.45, 2.75) is 25.8 Å². The fourth-order valence-electron chi connectivity index (χ4n) is 1.79. The number of carbonyl (C=O) groups excluding carboxylic acids is 1. The summed E-state index contributed by atoms with van der Waals surface area (Å²) in [6, 6.07) is 0.633. The molecule has 1 aliphatic rings. The first-order valence-corrected chi connectivity index (χ1v) is 6.18. The molecular weight excluding hydrogens is 275 g/mol. The van der Waals surface area contributed by atoms with Gasteiger partial charge in [-0.25, -0.2) is 14.2 Å². The van der Waals surface area contributed by atoms with E-state index in [4.69, 9.17) is 16.7 Å². The maximum absolute atomic E-state index is 13.2. The zero-order chi connectivity index (χ0) is 14.2. The minimum absolute atomic E-state index is 0.0697. The Morgan fingerprint density at radius 3 is 2.74 bits per heavy atom. The Morgan fingerprint density at radius 2 is 2.21 bits per heavy atom. The van der Waals surface area contributed by atoms with E-state index < -0.39 is 28.4 Å². The van der Waals surface area contributed by atoms with Crippen LogP contribution in [0.15, 0.2) is 6.07 Å². The Morgan fingerprint density at radius 1 is 1.58 bits per heavy atom. The lowest BCUT2D eigenvalue weighted by Gasteiger charge is -2.13. The second-order valence-electron chi connectivity index (χ2n) is 4.56. The smallest absolute Gasteiger partial charge is 0.338 e. The van der Waals surface area contributed by atoms with Gasteiger partial charge < -0.3 is 10.4 Å². The SMILES string of the molecule is CC(NC(=O)c1nc(Cl)c(F)cc1C(=O)O)C1CC1. The van der Waals surface area contributed by atoms with E-state index in [1.165, 1.54) is 0 Å². The lowest BCUT2D eigenvalue weighted by Crippen LogP contribution is -2.35. The standard InChI is InChI=1S/C12H12ClFN2O3/c1-5(6-2-3-6)15-11(17)9-7(12(18)19)4-8(14)10(13)16-9/h4-6H,2-3H2,1H3,(H,15,17)(H,18,19). The van der Waals surface area contributed by atoms with Crippen LogP contribution < -0.4 is 5.32 Å². The van der Waals surface area contributed by atoms with Gasteiger partial charge >= 0.3 is 5.97 Å². The van der Waals surface area contributed by atoms with Crippen molar-refractivity contribution < 1.29 is 19.1 Å². The van der Waals surface area contributed by atoms with Crippen molar-refractivity contribution in [3.05, 3.63) is 28.3 Å². The van der Waals surface area contributed by atoms with E-state index in [2.05, 4.69) is 10.3 Å². The largest absolute Gasteiger partial charge is 0.478 e. The minimum atomic E-state index is -1.42. The maximum Gasteiger partial charge on any atom is 0.338 e. The molecule has 2 N–H and O–H groups in total. The molecule has 1 aromatic rings. The van der Waals surface area contributed by atoms with Crippen LogP contribution in [0.1, 0.15) is 40.6 Å². The number of nitrogens with zero attached hydrogens (tertiary/aromatic N) is 1. The van der Waals surface area contributed by atoms with Crippen molar-refractivity contribution in [2.75, 3.05) is 0 Å². The molecule has 0 aliphatic heterocycles. The first-order valence-electron chi connectivity index (χ1n) is 5.80. The van der Waals surface area contributed by atoms with Gasteiger partial charge in [0.1, 0.15) is 5.69 Å². The van der Waals surface area contributed by atoms with E-state index in [0.29, 0.717) is 12.0 Å². The van der Waals surface area contributed by atoms with E-state index in [1.807, 2.05) is 6.92 Å². The number of carboxylic acid groups (broad SMARTS) is 1. The molecule has 0 radical (unpaired) electrons. The molecule has 0 saturated heterocycles. The highest BCUT2D eigenvalue weighted by atomic mass is 35.5. The van der Waals surface area contributed by atoms with Crippen LogP contribution in [0.5, 0.6) is 0 Å². The summed E-state index contributed by atoms with van der Waals surface area (Å²) >= 11 is 5.49. The van der Waals surface area contributed by atoms with E-state index in [-0.39, 0.29) is 11.7 Å². The molecule has 1 fully saturated rings. The van der Waals surface area contributed by atoms with Crippen LogP contribution in [-0.4, -0.2) is 28.0 Å². The minimum Gasteiger partial charge on any atom is -0.478 e. The van der Waals surface area contributed by atoms with Crippen LogP contribution in [0.25, 0.3) is 0 Å². The lowest BCUT2D eigenvalue weighted by atomic mass is 10.1. The molecule has 0 bridgehead atoms. The second-order valence-corrected chi connectivity index (χ2v) is 4.92. The number of amides is 1. The molecule has 1 saturated carbocycles. The number of hydrogen-bond acceptors (Lipinski definition) is 3. The molecule has 7 heteroatoms. The summed E-state index contributed by atoms with van der Waals surface area (Å²) in [5.41, 5.74) is -0.867. The molecule has 1 aromatic heterocycles. The summed E-state index contributed by atoms with van der Waals surface area (Å²) in [5, 5.41) is 11.1. The zero-order valence-corrected chi connectivity index (χ0v) is 10.9. The molecular formula is C12H12ClFN2O3. The highest BCUT2D eigenvalue weighted by molar-refractivity contribution is 6.29. The van der Waals surface area contributed by atoms with Crippen LogP contribution >= 0.6 is 11.6 Å². The molecule has 5 nitrogen and oxygen atoms in total. The molecule has 0 spiro atoms. The maximum atomic E-state index is 13.2. The number of hydrogen-bond donors (Lipinski definition) is 2. The lowest BCUT2D eigenvalue weighted by molar-refractivity contribution is 0.0688. The normalized spacial score (nSPS) is 15.9. The number of nitrogens with one attached hydrogen (secondary N) is 1. The Kier molecular flexibility index (Phi) is 3.71. The average molecular weight is 287 g/mol. The third-order valence-electron chi connectivity index (χ3n) is 3.07. The van der Waals surface area contributed by atoms with Gasteiger partial charge in [0, 0.05) is 6.04 Å². The molecule has 1 amide bonds. The van der Waals surface area contributed by atoms with E-state index >= 15 is 0 Å². The van der Waals surface area contributed by atoms with Gasteiger partial charge in [-0.1, -0.05) is 11.6 Å². The van der Waals surface area contributed by atoms with Crippen molar-refractivity contribution in [3.63, 3.8) is 0 Å². The Hall–Kier alpha value is -1.69. The van der Waals surface area contributed by atoms with Crippen LogP contribution in [0.4, 0.5) is 4.39 Å². The number of rotatable bonds is 4. The quantitative estimate of drug-likeness (QED) is 0.831. The topological polar surface area (TPSA) is 79.3 Å². The molecule has 2 rings (SSSR count). The fourth-order valence-corrected chi connectivity index (χ4v) is 1.93. The summed E-state index contributed by atoms with van der Waals surface area (Å²) in [5.74, 6) is -2.63. The van der Waals surface area contributed by atoms with Gasteiger partial charge in [0.2, 0.25) is 0 Å². The number of carbonyl (C=O) groups is 2. The Labute approximate surface area is 113 Å². The van der Waals surface area contributed by atoms with Crippen molar-refractivity contribution in [3.8, 4) is 0 Å². The second kappa shape index (κ2) is 5.13. The molecule has 1 atom stereocenters. The van der Waals surface area contributed by atoms with E-state index in [0.717, 1.165) is 12.8 Å². The first-order chi connectivity index (χ1) is 8.90. The van der Waals surface area contributed by atoms with Crippen LogP contribution in [0.3, 0.4) is 0 Å². The van der Waals surface area contributed by atoms with Gasteiger partial charge in [-0.3, -0.25) is 4.79 Å². The summed E-state index contributed by atoms with van der Waals surface area (Å²) in [6.45, 7) is 1.83. The van der Waals surface area contributed by atoms with E-state index in [1.54, 1.807) is 0 Å². The third kappa shape index (κ3) is 3.01. The van der Waals surface area contributed by atoms with Gasteiger partial charge in [-0.15, -0.1) is 0 Å². The monoisotopic (exact) mass is 286 g/mol. The van der Waals surface area contributed by atoms with Crippen LogP contribution in [-0.2, 0) is 0 Å². The number of halogens is 2. The summed E-state index contributed by atoms with van der Waals surface area (Å²) in [7, 11) is 0. The van der Waals surface area contributed by atoms with Crippen molar-refractivity contribution in [1.82, 2.24) is 10.3 Å². The third-order valence-corrected chi connectivity index (χ3v) is 3.33. The molecule has 102 valence electrons. The Balaban J connectivity index is 2.28. The average Bonchev–Trinajstić information content (AvgIpc) is 3.15. The van der Waals surface area contributed by atoms with Gasteiger partial charge in [0.05, 0.1) is 5.56 Å². The summed E-state index contributed by atoms with van der Waals surface area (Å²) < 4.78 is 13.2. The number of aromatic carboxylic acids is 1. The van der Waals surface area contributed by atoms with Crippen LogP contribution in [0, 0.1) is 11.7 Å². The number of carboxylic acids is 1. The van der Waals surface area contributed by atoms with Crippen molar-refractivity contribution in [1.29, 1.82) is 0 Å². The molecule has 1 unspecified atom stereocenters. The summed E-state index contributed by atoms with van der Waals surface area (Å²) in [6.07, 6.45) is 2.07. The molecule has 0 aromatic carbocycles. The summed E-state index contributed by atoms with van der Waals surface area (Å²) in [4.78, 5) is 26.5. The first kappa shape index (κ1) is 13.7. The highest BCUT2D eigenvalue weighted by Crippen LogP contribution is 2.32. The molecule has 1 heterocycles. The van der Waals surface area contributed by atoms with Crippen LogP contribution in [0.2, 0.25) is 5.15 Å². The Bertz CT molecular complexity index is 546. The predicted octanol–water partition coefficient (Wildman–Crippen LogP) is 2.10. The zero-order valence-electron chi connectivity index (χ0n) is 10.1. The van der Waals surface area contributed by atoms with Gasteiger partial charge in [0.15, 0.2) is 11.0 Å². The van der Waals surface area contributed by atoms with Gasteiger partial charge in [-0.05, 0) is 31.7 Å². The predicted molar refractivity (Wildman–Crippen MR) is 65.8 cm³/mol. The fraction of sp³-hybridized carbons (Fsp3) is 0.417. The van der Waals surface area contributed by atoms with Crippen molar-refractivity contribution in [2.24, 2.45) is 5.92 Å². The highest BCUT2D eigenvalue weighted by Gasteiger charge is 2.30. The number of aromatic nitrogens is 1.